The molecule has 1 aliphatic carbocycles. The molecule has 23 heavy (non-hydrogen) atoms. The molecule has 3 rings (SSSR count). The van der Waals surface area contributed by atoms with E-state index < -0.39 is 0 Å². The second kappa shape index (κ2) is 6.81. The summed E-state index contributed by atoms with van der Waals surface area (Å²) in [5, 5.41) is 4.45. The van der Waals surface area contributed by atoms with Crippen molar-refractivity contribution >= 4 is 18.3 Å². The molecule has 1 aromatic rings. The van der Waals surface area contributed by atoms with E-state index in [0.29, 0.717) is 17.9 Å². The first kappa shape index (κ1) is 18.3. The summed E-state index contributed by atoms with van der Waals surface area (Å²) in [5.74, 6) is 1.45. The maximum absolute atomic E-state index is 12.8. The lowest BCUT2D eigenvalue weighted by Crippen LogP contribution is -2.37. The SMILES string of the molecule is Cc1nn(C)c(C)c1CC(C)C(=O)N1CC2CCC(N)C2C1.Cl. The summed E-state index contributed by atoms with van der Waals surface area (Å²) >= 11 is 0. The number of aryl methyl sites for hydroxylation is 2. The lowest BCUT2D eigenvalue weighted by molar-refractivity contribution is -0.134. The van der Waals surface area contributed by atoms with Gasteiger partial charge in [0, 0.05) is 37.8 Å². The van der Waals surface area contributed by atoms with Gasteiger partial charge in [-0.05, 0) is 50.5 Å². The van der Waals surface area contributed by atoms with E-state index in [1.165, 1.54) is 12.0 Å². The van der Waals surface area contributed by atoms with Crippen LogP contribution in [0, 0.1) is 31.6 Å². The fraction of sp³-hybridized carbons (Fsp3) is 0.765. The number of aromatic nitrogens is 2. The van der Waals surface area contributed by atoms with Gasteiger partial charge in [-0.15, -0.1) is 12.4 Å². The van der Waals surface area contributed by atoms with Crippen LogP contribution in [0.3, 0.4) is 0 Å². The Morgan fingerprint density at radius 3 is 2.61 bits per heavy atom. The number of carbonyl (C=O) groups is 1. The van der Waals surface area contributed by atoms with Gasteiger partial charge in [-0.1, -0.05) is 6.92 Å². The lowest BCUT2D eigenvalue weighted by atomic mass is 9.98. The number of fused-ring (bicyclic) bond motifs is 1. The van der Waals surface area contributed by atoms with Gasteiger partial charge >= 0.3 is 0 Å². The first-order valence-corrected chi connectivity index (χ1v) is 8.42. The Morgan fingerprint density at radius 1 is 1.35 bits per heavy atom. The van der Waals surface area contributed by atoms with Crippen molar-refractivity contribution in [3.05, 3.63) is 17.0 Å². The molecule has 6 heteroatoms. The summed E-state index contributed by atoms with van der Waals surface area (Å²) in [6.07, 6.45) is 3.09. The fourth-order valence-electron chi connectivity index (χ4n) is 4.31. The van der Waals surface area contributed by atoms with Crippen LogP contribution >= 0.6 is 12.4 Å². The summed E-state index contributed by atoms with van der Waals surface area (Å²) in [4.78, 5) is 14.8. The third kappa shape index (κ3) is 3.26. The molecule has 1 aromatic heterocycles. The first-order chi connectivity index (χ1) is 10.4. The normalized spacial score (nSPS) is 27.7. The third-order valence-electron chi connectivity index (χ3n) is 5.81. The topological polar surface area (TPSA) is 64.2 Å². The van der Waals surface area contributed by atoms with Crippen LogP contribution in [-0.2, 0) is 18.3 Å². The molecule has 2 heterocycles. The molecule has 2 fully saturated rings. The first-order valence-electron chi connectivity index (χ1n) is 8.42. The van der Waals surface area contributed by atoms with Crippen molar-refractivity contribution < 1.29 is 4.79 Å². The van der Waals surface area contributed by atoms with Gasteiger partial charge in [0.25, 0.3) is 0 Å². The van der Waals surface area contributed by atoms with E-state index in [2.05, 4.69) is 16.9 Å². The van der Waals surface area contributed by atoms with E-state index >= 15 is 0 Å². The number of hydrogen-bond acceptors (Lipinski definition) is 3. The zero-order valence-corrected chi connectivity index (χ0v) is 15.4. The van der Waals surface area contributed by atoms with E-state index in [9.17, 15) is 4.79 Å². The molecule has 4 atom stereocenters. The van der Waals surface area contributed by atoms with Crippen LogP contribution in [0.2, 0.25) is 0 Å². The Hall–Kier alpha value is -1.07. The predicted octanol–water partition coefficient (Wildman–Crippen LogP) is 1.83. The van der Waals surface area contributed by atoms with E-state index in [0.717, 1.165) is 37.3 Å². The maximum atomic E-state index is 12.8. The monoisotopic (exact) mass is 340 g/mol. The molecule has 1 saturated carbocycles. The third-order valence-corrected chi connectivity index (χ3v) is 5.81. The Balaban J connectivity index is 0.00000192. The molecule has 0 aromatic carbocycles. The fourth-order valence-corrected chi connectivity index (χ4v) is 4.31. The average molecular weight is 341 g/mol. The van der Waals surface area contributed by atoms with Crippen molar-refractivity contribution in [1.82, 2.24) is 14.7 Å². The van der Waals surface area contributed by atoms with E-state index in [1.807, 2.05) is 25.6 Å². The van der Waals surface area contributed by atoms with Crippen molar-refractivity contribution in [2.75, 3.05) is 13.1 Å². The standard InChI is InChI=1S/C17H28N4O.ClH/c1-10(7-14-11(2)19-20(4)12(14)3)17(22)21-8-13-5-6-16(18)15(13)9-21;/h10,13,15-16H,5-9,18H2,1-4H3;1H. The number of rotatable bonds is 3. The Kier molecular flexibility index (Phi) is 5.41. The van der Waals surface area contributed by atoms with E-state index in [1.54, 1.807) is 0 Å². The molecule has 0 spiro atoms. The van der Waals surface area contributed by atoms with Crippen LogP contribution in [0.1, 0.15) is 36.7 Å². The van der Waals surface area contributed by atoms with Crippen LogP contribution in [-0.4, -0.2) is 39.7 Å². The van der Waals surface area contributed by atoms with Gasteiger partial charge in [0.2, 0.25) is 5.91 Å². The van der Waals surface area contributed by atoms with Gasteiger partial charge in [0.15, 0.2) is 0 Å². The number of amides is 1. The number of halogens is 1. The van der Waals surface area contributed by atoms with Gasteiger partial charge in [-0.3, -0.25) is 9.48 Å². The molecule has 130 valence electrons. The van der Waals surface area contributed by atoms with Gasteiger partial charge in [-0.25, -0.2) is 0 Å². The van der Waals surface area contributed by atoms with Gasteiger partial charge in [-0.2, -0.15) is 5.10 Å². The molecular formula is C17H29ClN4O. The summed E-state index contributed by atoms with van der Waals surface area (Å²) in [5.41, 5.74) is 9.60. The lowest BCUT2D eigenvalue weighted by Gasteiger charge is -2.22. The number of nitrogens with zero attached hydrogens (tertiary/aromatic N) is 3. The Labute approximate surface area is 145 Å². The molecule has 0 radical (unpaired) electrons. The minimum absolute atomic E-state index is 0. The van der Waals surface area contributed by atoms with Gasteiger partial charge in [0.05, 0.1) is 5.69 Å². The van der Waals surface area contributed by atoms with Crippen molar-refractivity contribution in [2.24, 2.45) is 30.5 Å². The average Bonchev–Trinajstić information content (AvgIpc) is 3.10. The summed E-state index contributed by atoms with van der Waals surface area (Å²) < 4.78 is 1.90. The van der Waals surface area contributed by atoms with Gasteiger partial charge < -0.3 is 10.6 Å². The summed E-state index contributed by atoms with van der Waals surface area (Å²) in [6, 6.07) is 0.293. The molecule has 4 unspecified atom stereocenters. The highest BCUT2D eigenvalue weighted by Crippen LogP contribution is 2.37. The number of nitrogens with two attached hydrogens (primary N) is 1. The number of carbonyl (C=O) groups excluding carboxylic acids is 1. The molecule has 2 N–H and O–H groups in total. The van der Waals surface area contributed by atoms with E-state index in [-0.39, 0.29) is 24.2 Å². The van der Waals surface area contributed by atoms with Crippen LogP contribution < -0.4 is 5.73 Å². The molecule has 1 aliphatic heterocycles. The minimum atomic E-state index is 0. The van der Waals surface area contributed by atoms with Crippen molar-refractivity contribution in [1.29, 1.82) is 0 Å². The maximum Gasteiger partial charge on any atom is 0.225 e. The summed E-state index contributed by atoms with van der Waals surface area (Å²) in [6.45, 7) is 7.92. The molecule has 5 nitrogen and oxygen atoms in total. The zero-order valence-electron chi connectivity index (χ0n) is 14.6. The highest BCUT2D eigenvalue weighted by molar-refractivity contribution is 5.85. The molecule has 1 saturated heterocycles. The largest absolute Gasteiger partial charge is 0.342 e. The van der Waals surface area contributed by atoms with E-state index in [4.69, 9.17) is 5.73 Å². The highest BCUT2D eigenvalue weighted by Gasteiger charge is 2.43. The predicted molar refractivity (Wildman–Crippen MR) is 93.6 cm³/mol. The molecule has 0 bridgehead atoms. The highest BCUT2D eigenvalue weighted by atomic mass is 35.5. The Bertz CT molecular complexity index is 585. The van der Waals surface area contributed by atoms with Crippen LogP contribution in [0.15, 0.2) is 0 Å². The molecule has 2 aliphatic rings. The Morgan fingerprint density at radius 2 is 2.04 bits per heavy atom. The van der Waals surface area contributed by atoms with Crippen LogP contribution in [0.25, 0.3) is 0 Å². The molecular weight excluding hydrogens is 312 g/mol. The quantitative estimate of drug-likeness (QED) is 0.913. The number of hydrogen-bond donors (Lipinski definition) is 1. The van der Waals surface area contributed by atoms with Crippen molar-refractivity contribution in [3.63, 3.8) is 0 Å². The zero-order chi connectivity index (χ0) is 16.0. The van der Waals surface area contributed by atoms with Crippen LogP contribution in [0.5, 0.6) is 0 Å². The van der Waals surface area contributed by atoms with Gasteiger partial charge in [0.1, 0.15) is 0 Å². The second-order valence-corrected chi connectivity index (χ2v) is 7.29. The smallest absolute Gasteiger partial charge is 0.225 e. The van der Waals surface area contributed by atoms with Crippen molar-refractivity contribution in [2.45, 2.75) is 46.1 Å². The van der Waals surface area contributed by atoms with Crippen LogP contribution in [0.4, 0.5) is 0 Å². The second-order valence-electron chi connectivity index (χ2n) is 7.29. The minimum Gasteiger partial charge on any atom is -0.342 e. The van der Waals surface area contributed by atoms with Crippen molar-refractivity contribution in [3.8, 4) is 0 Å². The summed E-state index contributed by atoms with van der Waals surface area (Å²) in [7, 11) is 1.96. The molecule has 1 amide bonds. The number of likely N-dealkylation sites (tertiary alicyclic amines) is 1.